The van der Waals surface area contributed by atoms with Gasteiger partial charge in [0.15, 0.2) is 0 Å². The van der Waals surface area contributed by atoms with Crippen molar-refractivity contribution in [2.24, 2.45) is 5.92 Å². The van der Waals surface area contributed by atoms with E-state index < -0.39 is 0 Å². The van der Waals surface area contributed by atoms with Crippen molar-refractivity contribution in [3.05, 3.63) is 27.3 Å². The van der Waals surface area contributed by atoms with E-state index in [-0.39, 0.29) is 11.7 Å². The van der Waals surface area contributed by atoms with E-state index in [1.54, 1.807) is 18.2 Å². The van der Waals surface area contributed by atoms with E-state index in [0.29, 0.717) is 18.0 Å². The topological polar surface area (TPSA) is 61.4 Å². The molecule has 0 aromatic heterocycles. The summed E-state index contributed by atoms with van der Waals surface area (Å²) in [7, 11) is 0. The van der Waals surface area contributed by atoms with Crippen LogP contribution in [0.3, 0.4) is 0 Å². The molecule has 0 saturated carbocycles. The number of rotatable bonds is 3. The van der Waals surface area contributed by atoms with Crippen LogP contribution in [0.15, 0.2) is 18.2 Å². The largest absolute Gasteiger partial charge is 0.507 e. The Morgan fingerprint density at radius 1 is 1.56 bits per heavy atom. The fraction of sp³-hybridized carbons (Fsp3) is 0.462. The second-order valence-electron chi connectivity index (χ2n) is 4.58. The molecule has 0 aliphatic carbocycles. The van der Waals surface area contributed by atoms with Crippen LogP contribution in [-0.4, -0.2) is 30.6 Å². The number of hydrogen-bond acceptors (Lipinski definition) is 3. The van der Waals surface area contributed by atoms with Crippen LogP contribution in [0.5, 0.6) is 5.75 Å². The van der Waals surface area contributed by atoms with Crippen molar-refractivity contribution in [3.8, 4) is 5.75 Å². The van der Waals surface area contributed by atoms with Crippen molar-refractivity contribution in [2.45, 2.75) is 12.8 Å². The maximum Gasteiger partial charge on any atom is 0.255 e. The molecule has 1 amide bonds. The summed E-state index contributed by atoms with van der Waals surface area (Å²) < 4.78 is 0.940. The van der Waals surface area contributed by atoms with Gasteiger partial charge in [-0.1, -0.05) is 0 Å². The maximum absolute atomic E-state index is 12.0. The lowest BCUT2D eigenvalue weighted by molar-refractivity contribution is 0.0942. The predicted octanol–water partition coefficient (Wildman–Crippen LogP) is 1.73. The molecule has 1 saturated heterocycles. The van der Waals surface area contributed by atoms with Crippen LogP contribution >= 0.6 is 22.6 Å². The summed E-state index contributed by atoms with van der Waals surface area (Å²) in [4.78, 5) is 12.0. The smallest absolute Gasteiger partial charge is 0.255 e. The minimum atomic E-state index is -0.198. The molecule has 4 nitrogen and oxygen atoms in total. The number of carbonyl (C=O) groups excluding carboxylic acids is 1. The van der Waals surface area contributed by atoms with Crippen molar-refractivity contribution in [1.82, 2.24) is 10.6 Å². The van der Waals surface area contributed by atoms with Gasteiger partial charge in [-0.2, -0.15) is 0 Å². The second kappa shape index (κ2) is 6.38. The SMILES string of the molecule is O=C(NCC1CCCNC1)c1cc(I)ccc1O. The number of phenols is 1. The van der Waals surface area contributed by atoms with Crippen LogP contribution in [-0.2, 0) is 0 Å². The highest BCUT2D eigenvalue weighted by Gasteiger charge is 2.16. The molecule has 1 aliphatic heterocycles. The summed E-state index contributed by atoms with van der Waals surface area (Å²) >= 11 is 2.13. The summed E-state index contributed by atoms with van der Waals surface area (Å²) in [6.07, 6.45) is 2.31. The first-order chi connectivity index (χ1) is 8.66. The first-order valence-corrected chi connectivity index (χ1v) is 7.22. The first-order valence-electron chi connectivity index (χ1n) is 6.14. The van der Waals surface area contributed by atoms with Gasteiger partial charge >= 0.3 is 0 Å². The van der Waals surface area contributed by atoms with E-state index >= 15 is 0 Å². The van der Waals surface area contributed by atoms with Crippen LogP contribution < -0.4 is 10.6 Å². The third-order valence-corrected chi connectivity index (χ3v) is 3.82. The fourth-order valence-corrected chi connectivity index (χ4v) is 2.61. The lowest BCUT2D eigenvalue weighted by Crippen LogP contribution is -2.38. The molecule has 0 radical (unpaired) electrons. The highest BCUT2D eigenvalue weighted by atomic mass is 127. The Balaban J connectivity index is 1.92. The minimum absolute atomic E-state index is 0.0367. The van der Waals surface area contributed by atoms with Crippen molar-refractivity contribution >= 4 is 28.5 Å². The normalized spacial score (nSPS) is 19.5. The number of halogens is 1. The van der Waals surface area contributed by atoms with Crippen molar-refractivity contribution in [2.75, 3.05) is 19.6 Å². The number of hydrogen-bond donors (Lipinski definition) is 3. The highest BCUT2D eigenvalue weighted by molar-refractivity contribution is 14.1. The van der Waals surface area contributed by atoms with Gasteiger partial charge in [-0.25, -0.2) is 0 Å². The standard InChI is InChI=1S/C13H17IN2O2/c14-10-3-4-12(17)11(6-10)13(18)16-8-9-2-1-5-15-7-9/h3-4,6,9,15,17H,1-2,5,7-8H2,(H,16,18). The van der Waals surface area contributed by atoms with Crippen LogP contribution in [0, 0.1) is 9.49 Å². The Morgan fingerprint density at radius 2 is 2.39 bits per heavy atom. The third-order valence-electron chi connectivity index (χ3n) is 3.15. The molecule has 5 heteroatoms. The molecule has 0 bridgehead atoms. The molecule has 1 atom stereocenters. The number of piperidine rings is 1. The van der Waals surface area contributed by atoms with Gasteiger partial charge in [-0.15, -0.1) is 0 Å². The van der Waals surface area contributed by atoms with Crippen molar-refractivity contribution < 1.29 is 9.90 Å². The van der Waals surface area contributed by atoms with E-state index in [1.807, 2.05) is 0 Å². The lowest BCUT2D eigenvalue weighted by atomic mass is 9.99. The third kappa shape index (κ3) is 3.58. The van der Waals surface area contributed by atoms with Crippen LogP contribution in [0.1, 0.15) is 23.2 Å². The Kier molecular flexibility index (Phi) is 4.82. The van der Waals surface area contributed by atoms with Gasteiger partial charge in [0.2, 0.25) is 0 Å². The molecule has 1 heterocycles. The van der Waals surface area contributed by atoms with E-state index in [2.05, 4.69) is 33.2 Å². The molecule has 18 heavy (non-hydrogen) atoms. The molecule has 3 N–H and O–H groups in total. The predicted molar refractivity (Wildman–Crippen MR) is 78.8 cm³/mol. The number of phenolic OH excluding ortho intramolecular Hbond substituents is 1. The molecule has 1 aromatic rings. The van der Waals surface area contributed by atoms with Crippen LogP contribution in [0.25, 0.3) is 0 Å². The summed E-state index contributed by atoms with van der Waals surface area (Å²) in [5, 5.41) is 15.9. The number of carbonyl (C=O) groups is 1. The van der Waals surface area contributed by atoms with Gasteiger partial charge in [0.05, 0.1) is 5.56 Å². The van der Waals surface area contributed by atoms with Gasteiger partial charge in [-0.3, -0.25) is 4.79 Å². The van der Waals surface area contributed by atoms with Gasteiger partial charge in [-0.05, 0) is 72.6 Å². The van der Waals surface area contributed by atoms with Crippen molar-refractivity contribution in [3.63, 3.8) is 0 Å². The van der Waals surface area contributed by atoms with Crippen LogP contribution in [0.2, 0.25) is 0 Å². The van der Waals surface area contributed by atoms with E-state index in [4.69, 9.17) is 0 Å². The lowest BCUT2D eigenvalue weighted by Gasteiger charge is -2.22. The summed E-state index contributed by atoms with van der Waals surface area (Å²) in [6, 6.07) is 5.03. The zero-order valence-corrected chi connectivity index (χ0v) is 12.2. The van der Waals surface area contributed by atoms with E-state index in [0.717, 1.165) is 29.5 Å². The molecule has 98 valence electrons. The molecule has 1 unspecified atom stereocenters. The molecule has 1 aromatic carbocycles. The highest BCUT2D eigenvalue weighted by Crippen LogP contribution is 2.19. The average molecular weight is 360 g/mol. The monoisotopic (exact) mass is 360 g/mol. The molecule has 2 rings (SSSR count). The Hall–Kier alpha value is -0.820. The quantitative estimate of drug-likeness (QED) is 0.720. The average Bonchev–Trinajstić information content (AvgIpc) is 2.40. The van der Waals surface area contributed by atoms with Gasteiger partial charge in [0.25, 0.3) is 5.91 Å². The number of benzene rings is 1. The summed E-state index contributed by atoms with van der Waals surface area (Å²) in [5.74, 6) is 0.332. The van der Waals surface area contributed by atoms with Gasteiger partial charge in [0.1, 0.15) is 5.75 Å². The molecule has 1 fully saturated rings. The minimum Gasteiger partial charge on any atom is -0.507 e. The molecule has 0 spiro atoms. The number of aromatic hydroxyl groups is 1. The molecular weight excluding hydrogens is 343 g/mol. The Labute approximate surface area is 120 Å². The fourth-order valence-electron chi connectivity index (χ4n) is 2.12. The Bertz CT molecular complexity index is 431. The second-order valence-corrected chi connectivity index (χ2v) is 5.83. The zero-order valence-electron chi connectivity index (χ0n) is 10.1. The number of nitrogens with one attached hydrogen (secondary N) is 2. The Morgan fingerprint density at radius 3 is 3.11 bits per heavy atom. The first kappa shape index (κ1) is 13.6. The van der Waals surface area contributed by atoms with Crippen LogP contribution in [0.4, 0.5) is 0 Å². The van der Waals surface area contributed by atoms with Crippen molar-refractivity contribution in [1.29, 1.82) is 0 Å². The summed E-state index contributed by atoms with van der Waals surface area (Å²) in [6.45, 7) is 2.69. The van der Waals surface area contributed by atoms with Gasteiger partial charge < -0.3 is 15.7 Å². The van der Waals surface area contributed by atoms with E-state index in [1.165, 1.54) is 0 Å². The number of amides is 1. The van der Waals surface area contributed by atoms with E-state index in [9.17, 15) is 9.90 Å². The van der Waals surface area contributed by atoms with Gasteiger partial charge in [0, 0.05) is 10.1 Å². The maximum atomic E-state index is 12.0. The molecule has 1 aliphatic rings. The molecular formula is C13H17IN2O2. The zero-order chi connectivity index (χ0) is 13.0. The summed E-state index contributed by atoms with van der Waals surface area (Å²) in [5.41, 5.74) is 0.352.